The van der Waals surface area contributed by atoms with Crippen LogP contribution in [-0.2, 0) is 17.9 Å². The average molecular weight is 426 g/mol. The van der Waals surface area contributed by atoms with Gasteiger partial charge in [0.2, 0.25) is 5.91 Å². The van der Waals surface area contributed by atoms with Crippen molar-refractivity contribution in [2.45, 2.75) is 38.5 Å². The summed E-state index contributed by atoms with van der Waals surface area (Å²) in [4.78, 5) is 30.0. The van der Waals surface area contributed by atoms with E-state index in [-0.39, 0.29) is 17.2 Å². The molecule has 6 nitrogen and oxygen atoms in total. The number of thioether (sulfide) groups is 1. The van der Waals surface area contributed by atoms with Crippen molar-refractivity contribution in [3.05, 3.63) is 64.4 Å². The number of hydrogen-bond acceptors (Lipinski definition) is 5. The lowest BCUT2D eigenvalue weighted by molar-refractivity contribution is -0.118. The first-order valence-corrected chi connectivity index (χ1v) is 11.0. The molecule has 0 unspecified atom stereocenters. The number of para-hydroxylation sites is 1. The number of nitrogens with zero attached hydrogens (tertiary/aromatic N) is 2. The average Bonchev–Trinajstić information content (AvgIpc) is 2.76. The summed E-state index contributed by atoms with van der Waals surface area (Å²) in [5.41, 5.74) is 1.60. The van der Waals surface area contributed by atoms with Gasteiger partial charge in [0.05, 0.1) is 23.8 Å². The Morgan fingerprint density at radius 1 is 1.17 bits per heavy atom. The van der Waals surface area contributed by atoms with Crippen molar-refractivity contribution in [3.8, 4) is 5.75 Å². The molecule has 0 spiro atoms. The number of carbonyl (C=O) groups excluding carboxylic acids is 1. The van der Waals surface area contributed by atoms with Crippen LogP contribution in [0.5, 0.6) is 5.75 Å². The molecule has 7 heteroatoms. The number of hydrogen-bond donors (Lipinski definition) is 1. The zero-order chi connectivity index (χ0) is 21.5. The Morgan fingerprint density at radius 2 is 1.90 bits per heavy atom. The van der Waals surface area contributed by atoms with Gasteiger partial charge in [-0.2, -0.15) is 0 Å². The van der Waals surface area contributed by atoms with Gasteiger partial charge in [0, 0.05) is 13.1 Å². The first-order chi connectivity index (χ1) is 14.5. The molecular weight excluding hydrogens is 398 g/mol. The zero-order valence-electron chi connectivity index (χ0n) is 17.6. The van der Waals surface area contributed by atoms with Crippen molar-refractivity contribution < 1.29 is 9.53 Å². The predicted octanol–water partition coefficient (Wildman–Crippen LogP) is 3.86. The SMILES string of the molecule is COc1ccc(CNC(=O)CSc2nc3ccccc3c(=O)n2CCC(C)C)cc1. The Kier molecular flexibility index (Phi) is 7.52. The Labute approximate surface area is 180 Å². The molecule has 0 saturated heterocycles. The lowest BCUT2D eigenvalue weighted by Crippen LogP contribution is -2.27. The lowest BCUT2D eigenvalue weighted by atomic mass is 10.1. The Bertz CT molecular complexity index is 1060. The number of ether oxygens (including phenoxy) is 1. The third-order valence-corrected chi connectivity index (χ3v) is 5.71. The van der Waals surface area contributed by atoms with E-state index >= 15 is 0 Å². The smallest absolute Gasteiger partial charge is 0.262 e. The second-order valence-corrected chi connectivity index (χ2v) is 8.41. The normalized spacial score (nSPS) is 11.1. The highest BCUT2D eigenvalue weighted by atomic mass is 32.2. The van der Waals surface area contributed by atoms with E-state index in [4.69, 9.17) is 4.74 Å². The zero-order valence-corrected chi connectivity index (χ0v) is 18.4. The van der Waals surface area contributed by atoms with Gasteiger partial charge in [-0.05, 0) is 42.2 Å². The molecule has 0 aliphatic carbocycles. The summed E-state index contributed by atoms with van der Waals surface area (Å²) >= 11 is 1.30. The Hall–Kier alpha value is -2.80. The summed E-state index contributed by atoms with van der Waals surface area (Å²) in [6.45, 7) is 5.27. The fourth-order valence-corrected chi connectivity index (χ4v) is 3.82. The van der Waals surface area contributed by atoms with Crippen LogP contribution in [0.1, 0.15) is 25.8 Å². The molecule has 2 aromatic carbocycles. The second kappa shape index (κ2) is 10.3. The van der Waals surface area contributed by atoms with Crippen molar-refractivity contribution >= 4 is 28.6 Å². The number of methoxy groups -OCH3 is 1. The number of amides is 1. The van der Waals surface area contributed by atoms with Crippen molar-refractivity contribution in [2.24, 2.45) is 5.92 Å². The van der Waals surface area contributed by atoms with E-state index in [1.807, 2.05) is 42.5 Å². The topological polar surface area (TPSA) is 73.2 Å². The molecule has 1 N–H and O–H groups in total. The van der Waals surface area contributed by atoms with E-state index in [0.29, 0.717) is 35.1 Å². The van der Waals surface area contributed by atoms with Crippen molar-refractivity contribution in [1.29, 1.82) is 0 Å². The van der Waals surface area contributed by atoms with Crippen LogP contribution < -0.4 is 15.6 Å². The maximum absolute atomic E-state index is 13.0. The summed E-state index contributed by atoms with van der Waals surface area (Å²) in [5.74, 6) is 1.34. The van der Waals surface area contributed by atoms with E-state index < -0.39 is 0 Å². The molecule has 0 atom stereocenters. The standard InChI is InChI=1S/C23H27N3O3S/c1-16(2)12-13-26-22(28)19-6-4-5-7-20(19)25-23(26)30-15-21(27)24-14-17-8-10-18(29-3)11-9-17/h4-11,16H,12-15H2,1-3H3,(H,24,27). The van der Waals surface area contributed by atoms with Crippen molar-refractivity contribution in [3.63, 3.8) is 0 Å². The summed E-state index contributed by atoms with van der Waals surface area (Å²) in [6.07, 6.45) is 0.872. The van der Waals surface area contributed by atoms with Gasteiger partial charge in [0.25, 0.3) is 5.56 Å². The van der Waals surface area contributed by atoms with Gasteiger partial charge in [-0.25, -0.2) is 4.98 Å². The summed E-state index contributed by atoms with van der Waals surface area (Å²) < 4.78 is 6.84. The van der Waals surface area contributed by atoms with Crippen LogP contribution in [0.25, 0.3) is 10.9 Å². The van der Waals surface area contributed by atoms with E-state index in [0.717, 1.165) is 17.7 Å². The molecule has 1 aromatic heterocycles. The Balaban J connectivity index is 1.69. The number of rotatable bonds is 9. The highest BCUT2D eigenvalue weighted by Crippen LogP contribution is 2.19. The van der Waals surface area contributed by atoms with E-state index in [2.05, 4.69) is 24.1 Å². The van der Waals surface area contributed by atoms with Gasteiger partial charge in [-0.1, -0.05) is 49.9 Å². The highest BCUT2D eigenvalue weighted by molar-refractivity contribution is 7.99. The largest absolute Gasteiger partial charge is 0.497 e. The summed E-state index contributed by atoms with van der Waals surface area (Å²) in [7, 11) is 1.62. The van der Waals surface area contributed by atoms with Crippen LogP contribution >= 0.6 is 11.8 Å². The van der Waals surface area contributed by atoms with Crippen LogP contribution in [0.2, 0.25) is 0 Å². The molecular formula is C23H27N3O3S. The van der Waals surface area contributed by atoms with Gasteiger partial charge in [0.15, 0.2) is 5.16 Å². The van der Waals surface area contributed by atoms with Crippen molar-refractivity contribution in [2.75, 3.05) is 12.9 Å². The van der Waals surface area contributed by atoms with Crippen LogP contribution in [0.15, 0.2) is 58.5 Å². The maximum Gasteiger partial charge on any atom is 0.262 e. The number of aromatic nitrogens is 2. The molecule has 1 heterocycles. The minimum Gasteiger partial charge on any atom is -0.497 e. The van der Waals surface area contributed by atoms with Gasteiger partial charge in [-0.15, -0.1) is 0 Å². The molecule has 3 rings (SSSR count). The molecule has 0 fully saturated rings. The van der Waals surface area contributed by atoms with Crippen LogP contribution in [-0.4, -0.2) is 28.3 Å². The van der Waals surface area contributed by atoms with E-state index in [1.165, 1.54) is 11.8 Å². The summed E-state index contributed by atoms with van der Waals surface area (Å²) in [6, 6.07) is 14.9. The molecule has 30 heavy (non-hydrogen) atoms. The van der Waals surface area contributed by atoms with Gasteiger partial charge < -0.3 is 10.1 Å². The van der Waals surface area contributed by atoms with Crippen LogP contribution in [0.3, 0.4) is 0 Å². The van der Waals surface area contributed by atoms with E-state index in [1.54, 1.807) is 17.7 Å². The fraction of sp³-hybridized carbons (Fsp3) is 0.348. The molecule has 1 amide bonds. The fourth-order valence-electron chi connectivity index (χ4n) is 2.97. The van der Waals surface area contributed by atoms with Crippen LogP contribution in [0, 0.1) is 5.92 Å². The molecule has 158 valence electrons. The molecule has 0 saturated carbocycles. The predicted molar refractivity (Wildman–Crippen MR) is 121 cm³/mol. The number of benzene rings is 2. The maximum atomic E-state index is 13.0. The lowest BCUT2D eigenvalue weighted by Gasteiger charge is -2.14. The van der Waals surface area contributed by atoms with Crippen molar-refractivity contribution in [1.82, 2.24) is 14.9 Å². The highest BCUT2D eigenvalue weighted by Gasteiger charge is 2.13. The van der Waals surface area contributed by atoms with Gasteiger partial charge in [-0.3, -0.25) is 14.2 Å². The first kappa shape index (κ1) is 21.9. The third kappa shape index (κ3) is 5.63. The molecule has 0 aliphatic rings. The monoisotopic (exact) mass is 425 g/mol. The van der Waals surface area contributed by atoms with Gasteiger partial charge in [0.1, 0.15) is 5.75 Å². The first-order valence-electron chi connectivity index (χ1n) is 10.00. The number of carbonyl (C=O) groups is 1. The van der Waals surface area contributed by atoms with Crippen LogP contribution in [0.4, 0.5) is 0 Å². The number of nitrogens with one attached hydrogen (secondary N) is 1. The van der Waals surface area contributed by atoms with E-state index in [9.17, 15) is 9.59 Å². The summed E-state index contributed by atoms with van der Waals surface area (Å²) in [5, 5.41) is 4.10. The minimum atomic E-state index is -0.103. The Morgan fingerprint density at radius 3 is 2.60 bits per heavy atom. The molecule has 0 radical (unpaired) electrons. The number of fused-ring (bicyclic) bond motifs is 1. The quantitative estimate of drug-likeness (QED) is 0.416. The molecule has 0 bridgehead atoms. The van der Waals surface area contributed by atoms with Gasteiger partial charge >= 0.3 is 0 Å². The molecule has 3 aromatic rings. The third-order valence-electron chi connectivity index (χ3n) is 4.74. The molecule has 0 aliphatic heterocycles. The minimum absolute atomic E-state index is 0.0533. The second-order valence-electron chi connectivity index (χ2n) is 7.46.